The molecule has 0 spiro atoms. The molecule has 2 aliphatic carbocycles. The Morgan fingerprint density at radius 2 is 2.05 bits per heavy atom. The highest BCUT2D eigenvalue weighted by molar-refractivity contribution is 5.95. The summed E-state index contributed by atoms with van der Waals surface area (Å²) in [5, 5.41) is 10.3. The van der Waals surface area contributed by atoms with Crippen LogP contribution in [0.25, 0.3) is 0 Å². The maximum absolute atomic E-state index is 12.3. The first-order chi connectivity index (χ1) is 10.2. The molecule has 0 saturated heterocycles. The van der Waals surface area contributed by atoms with Gasteiger partial charge in [-0.3, -0.25) is 9.89 Å². The Kier molecular flexibility index (Phi) is 2.84. The van der Waals surface area contributed by atoms with Gasteiger partial charge in [-0.1, -0.05) is 30.3 Å². The van der Waals surface area contributed by atoms with Gasteiger partial charge >= 0.3 is 0 Å². The van der Waals surface area contributed by atoms with Gasteiger partial charge in [0.05, 0.1) is 0 Å². The number of hydrogen-bond acceptors (Lipinski definition) is 2. The van der Waals surface area contributed by atoms with Crippen LogP contribution in [0.15, 0.2) is 30.3 Å². The van der Waals surface area contributed by atoms with Gasteiger partial charge in [0.1, 0.15) is 0 Å². The number of aromatic amines is 1. The molecule has 1 amide bonds. The SMILES string of the molecule is Cc1c(NC(=O)[C@@H]2C[C@@H]2c2ccccc2)n[nH]c1C1CC1. The monoisotopic (exact) mass is 281 g/mol. The summed E-state index contributed by atoms with van der Waals surface area (Å²) in [5.74, 6) is 1.89. The molecule has 0 bridgehead atoms. The molecule has 4 heteroatoms. The highest BCUT2D eigenvalue weighted by Gasteiger charge is 2.44. The average Bonchev–Trinajstić information content (AvgIpc) is 3.41. The van der Waals surface area contributed by atoms with Crippen molar-refractivity contribution in [3.05, 3.63) is 47.2 Å². The fourth-order valence-corrected chi connectivity index (χ4v) is 3.07. The van der Waals surface area contributed by atoms with Crippen molar-refractivity contribution >= 4 is 11.7 Å². The fourth-order valence-electron chi connectivity index (χ4n) is 3.07. The molecular formula is C17H19N3O. The molecule has 108 valence electrons. The third kappa shape index (κ3) is 2.35. The lowest BCUT2D eigenvalue weighted by molar-refractivity contribution is -0.117. The van der Waals surface area contributed by atoms with Crippen molar-refractivity contribution in [2.45, 2.75) is 38.0 Å². The van der Waals surface area contributed by atoms with Crippen LogP contribution in [0.4, 0.5) is 5.82 Å². The van der Waals surface area contributed by atoms with Crippen molar-refractivity contribution < 1.29 is 4.79 Å². The Bertz CT molecular complexity index is 673. The van der Waals surface area contributed by atoms with Crippen molar-refractivity contribution in [1.29, 1.82) is 0 Å². The van der Waals surface area contributed by atoms with Gasteiger partial charge in [-0.2, -0.15) is 5.10 Å². The van der Waals surface area contributed by atoms with E-state index in [1.807, 2.05) is 25.1 Å². The predicted octanol–water partition coefficient (Wildman–Crippen LogP) is 3.34. The summed E-state index contributed by atoms with van der Waals surface area (Å²) in [6, 6.07) is 10.3. The molecule has 0 aliphatic heterocycles. The summed E-state index contributed by atoms with van der Waals surface area (Å²) in [4.78, 5) is 12.3. The van der Waals surface area contributed by atoms with E-state index in [2.05, 4.69) is 27.6 Å². The van der Waals surface area contributed by atoms with Gasteiger partial charge in [0.2, 0.25) is 5.91 Å². The largest absolute Gasteiger partial charge is 0.309 e. The van der Waals surface area contributed by atoms with Gasteiger partial charge in [0, 0.05) is 23.1 Å². The molecule has 2 fully saturated rings. The molecule has 0 radical (unpaired) electrons. The van der Waals surface area contributed by atoms with E-state index in [9.17, 15) is 4.79 Å². The Morgan fingerprint density at radius 1 is 1.29 bits per heavy atom. The van der Waals surface area contributed by atoms with Crippen molar-refractivity contribution in [2.75, 3.05) is 5.32 Å². The second-order valence-corrected chi connectivity index (χ2v) is 6.23. The molecular weight excluding hydrogens is 262 g/mol. The van der Waals surface area contributed by atoms with Gasteiger partial charge in [-0.15, -0.1) is 0 Å². The summed E-state index contributed by atoms with van der Waals surface area (Å²) in [6.07, 6.45) is 3.40. The van der Waals surface area contributed by atoms with E-state index in [1.165, 1.54) is 24.1 Å². The molecule has 4 nitrogen and oxygen atoms in total. The van der Waals surface area contributed by atoms with Crippen LogP contribution in [-0.2, 0) is 4.79 Å². The first-order valence-electron chi connectivity index (χ1n) is 7.64. The van der Waals surface area contributed by atoms with E-state index in [-0.39, 0.29) is 11.8 Å². The summed E-state index contributed by atoms with van der Waals surface area (Å²) in [5.41, 5.74) is 3.55. The molecule has 4 rings (SSSR count). The summed E-state index contributed by atoms with van der Waals surface area (Å²) in [6.45, 7) is 2.04. The van der Waals surface area contributed by atoms with E-state index < -0.39 is 0 Å². The average molecular weight is 281 g/mol. The normalized spacial score (nSPS) is 23.9. The molecule has 2 atom stereocenters. The lowest BCUT2D eigenvalue weighted by atomic mass is 10.1. The van der Waals surface area contributed by atoms with E-state index in [1.54, 1.807) is 0 Å². The zero-order chi connectivity index (χ0) is 14.4. The van der Waals surface area contributed by atoms with E-state index in [0.29, 0.717) is 17.7 Å². The minimum absolute atomic E-state index is 0.0906. The van der Waals surface area contributed by atoms with Crippen molar-refractivity contribution in [2.24, 2.45) is 5.92 Å². The zero-order valence-electron chi connectivity index (χ0n) is 12.1. The highest BCUT2D eigenvalue weighted by atomic mass is 16.2. The number of nitrogens with one attached hydrogen (secondary N) is 2. The Hall–Kier alpha value is -2.10. The smallest absolute Gasteiger partial charge is 0.229 e. The predicted molar refractivity (Wildman–Crippen MR) is 81.2 cm³/mol. The van der Waals surface area contributed by atoms with Gasteiger partial charge in [-0.25, -0.2) is 0 Å². The highest BCUT2D eigenvalue weighted by Crippen LogP contribution is 2.48. The number of hydrogen-bond donors (Lipinski definition) is 2. The lowest BCUT2D eigenvalue weighted by Gasteiger charge is -2.03. The molecule has 0 unspecified atom stereocenters. The molecule has 2 aliphatic rings. The van der Waals surface area contributed by atoms with Gasteiger partial charge in [-0.05, 0) is 37.7 Å². The molecule has 21 heavy (non-hydrogen) atoms. The van der Waals surface area contributed by atoms with E-state index in [4.69, 9.17) is 0 Å². The van der Waals surface area contributed by atoms with Crippen LogP contribution in [0, 0.1) is 12.8 Å². The van der Waals surface area contributed by atoms with E-state index >= 15 is 0 Å². The Morgan fingerprint density at radius 3 is 2.76 bits per heavy atom. The minimum atomic E-state index is 0.0906. The van der Waals surface area contributed by atoms with Crippen LogP contribution >= 0.6 is 0 Å². The number of H-pyrrole nitrogens is 1. The van der Waals surface area contributed by atoms with Gasteiger partial charge < -0.3 is 5.32 Å². The van der Waals surface area contributed by atoms with Crippen molar-refractivity contribution in [3.63, 3.8) is 0 Å². The number of rotatable bonds is 4. The van der Waals surface area contributed by atoms with Crippen LogP contribution in [0.5, 0.6) is 0 Å². The van der Waals surface area contributed by atoms with Gasteiger partial charge in [0.15, 0.2) is 5.82 Å². The van der Waals surface area contributed by atoms with E-state index in [0.717, 1.165) is 12.0 Å². The molecule has 2 aromatic rings. The zero-order valence-corrected chi connectivity index (χ0v) is 12.1. The first kappa shape index (κ1) is 12.6. The fraction of sp³-hybridized carbons (Fsp3) is 0.412. The van der Waals surface area contributed by atoms with Crippen LogP contribution in [0.3, 0.4) is 0 Å². The number of carbonyl (C=O) groups is 1. The summed E-state index contributed by atoms with van der Waals surface area (Å²) >= 11 is 0. The maximum Gasteiger partial charge on any atom is 0.229 e. The van der Waals surface area contributed by atoms with Crippen LogP contribution in [0.1, 0.15) is 47.9 Å². The van der Waals surface area contributed by atoms with Crippen LogP contribution in [-0.4, -0.2) is 16.1 Å². The number of benzene rings is 1. The summed E-state index contributed by atoms with van der Waals surface area (Å²) in [7, 11) is 0. The number of nitrogens with zero attached hydrogens (tertiary/aromatic N) is 1. The second kappa shape index (κ2) is 4.72. The quantitative estimate of drug-likeness (QED) is 0.903. The van der Waals surface area contributed by atoms with Gasteiger partial charge in [0.25, 0.3) is 0 Å². The molecule has 2 saturated carbocycles. The topological polar surface area (TPSA) is 57.8 Å². The Labute approximate surface area is 124 Å². The Balaban J connectivity index is 1.43. The second-order valence-electron chi connectivity index (χ2n) is 6.23. The van der Waals surface area contributed by atoms with Crippen molar-refractivity contribution in [1.82, 2.24) is 10.2 Å². The standard InChI is InChI=1S/C17H19N3O/c1-10-15(12-7-8-12)19-20-16(10)18-17(21)14-9-13(14)11-5-3-2-4-6-11/h2-6,12-14H,7-9H2,1H3,(H2,18,19,20,21)/t13-,14-/m1/s1. The third-order valence-corrected chi connectivity index (χ3v) is 4.63. The number of carbonyl (C=O) groups excluding carboxylic acids is 1. The molecule has 1 aromatic carbocycles. The molecule has 2 N–H and O–H groups in total. The third-order valence-electron chi connectivity index (χ3n) is 4.63. The summed E-state index contributed by atoms with van der Waals surface area (Å²) < 4.78 is 0. The number of aromatic nitrogens is 2. The van der Waals surface area contributed by atoms with Crippen molar-refractivity contribution in [3.8, 4) is 0 Å². The van der Waals surface area contributed by atoms with Crippen LogP contribution < -0.4 is 5.32 Å². The maximum atomic E-state index is 12.3. The lowest BCUT2D eigenvalue weighted by Crippen LogP contribution is -2.15. The molecule has 1 heterocycles. The number of amides is 1. The first-order valence-corrected chi connectivity index (χ1v) is 7.64. The minimum Gasteiger partial charge on any atom is -0.309 e. The molecule has 1 aromatic heterocycles. The van der Waals surface area contributed by atoms with Crippen LogP contribution in [0.2, 0.25) is 0 Å². The number of anilines is 1.